The van der Waals surface area contributed by atoms with Crippen LogP contribution in [0.4, 0.5) is 0 Å². The van der Waals surface area contributed by atoms with E-state index in [1.807, 2.05) is 0 Å². The average Bonchev–Trinajstić information content (AvgIpc) is 2.81. The minimum absolute atomic E-state index is 0.0157. The lowest BCUT2D eigenvalue weighted by atomic mass is 9.93. The quantitative estimate of drug-likeness (QED) is 0.733. The highest BCUT2D eigenvalue weighted by Gasteiger charge is 2.47. The molecule has 6 nitrogen and oxygen atoms in total. The van der Waals surface area contributed by atoms with Gasteiger partial charge in [-0.2, -0.15) is 0 Å². The Morgan fingerprint density at radius 1 is 1.26 bits per heavy atom. The van der Waals surface area contributed by atoms with Crippen molar-refractivity contribution in [2.45, 2.75) is 30.6 Å². The Kier molecular flexibility index (Phi) is 4.52. The van der Waals surface area contributed by atoms with Crippen LogP contribution in [0.2, 0.25) is 0 Å². The van der Waals surface area contributed by atoms with Crippen LogP contribution >= 0.6 is 0 Å². The largest absolute Gasteiger partial charge is 0.377 e. The van der Waals surface area contributed by atoms with Gasteiger partial charge in [0.05, 0.1) is 23.7 Å². The number of rotatable bonds is 4. The third-order valence-corrected chi connectivity index (χ3v) is 6.35. The van der Waals surface area contributed by atoms with Crippen molar-refractivity contribution in [1.82, 2.24) is 4.90 Å². The number of ether oxygens (including phenoxy) is 2. The molecule has 2 aliphatic rings. The summed E-state index contributed by atoms with van der Waals surface area (Å²) in [4.78, 5) is 2.16. The Hall–Kier alpha value is -0.210. The molecule has 0 amide bonds. The molecule has 2 fully saturated rings. The van der Waals surface area contributed by atoms with Gasteiger partial charge in [0.25, 0.3) is 0 Å². The topological polar surface area (TPSA) is 81.9 Å². The lowest BCUT2D eigenvalue weighted by molar-refractivity contribution is -0.00461. The third kappa shape index (κ3) is 2.95. The summed E-state index contributed by atoms with van der Waals surface area (Å²) in [5, 5.41) is 0. The van der Waals surface area contributed by atoms with Crippen molar-refractivity contribution in [2.24, 2.45) is 5.73 Å². The van der Waals surface area contributed by atoms with E-state index in [1.54, 1.807) is 14.2 Å². The molecule has 0 aromatic rings. The zero-order valence-electron chi connectivity index (χ0n) is 11.7. The monoisotopic (exact) mass is 292 g/mol. The van der Waals surface area contributed by atoms with Crippen molar-refractivity contribution in [3.05, 3.63) is 0 Å². The van der Waals surface area contributed by atoms with Gasteiger partial charge in [-0.25, -0.2) is 8.42 Å². The summed E-state index contributed by atoms with van der Waals surface area (Å²) in [6.07, 6.45) is 1.48. The predicted molar refractivity (Wildman–Crippen MR) is 72.8 cm³/mol. The normalized spacial score (nSPS) is 39.5. The first-order valence-corrected chi connectivity index (χ1v) is 8.49. The fraction of sp³-hybridized carbons (Fsp3) is 1.00. The van der Waals surface area contributed by atoms with Crippen LogP contribution in [0.1, 0.15) is 12.8 Å². The minimum Gasteiger partial charge on any atom is -0.377 e. The predicted octanol–water partition coefficient (Wildman–Crippen LogP) is -0.762. The summed E-state index contributed by atoms with van der Waals surface area (Å²) in [7, 11) is 0.328. The van der Waals surface area contributed by atoms with Crippen molar-refractivity contribution in [3.8, 4) is 0 Å². The molecule has 19 heavy (non-hydrogen) atoms. The van der Waals surface area contributed by atoms with Gasteiger partial charge in [-0.1, -0.05) is 0 Å². The van der Waals surface area contributed by atoms with Gasteiger partial charge in [-0.15, -0.1) is 0 Å². The van der Waals surface area contributed by atoms with Crippen LogP contribution in [-0.2, 0) is 19.3 Å². The number of nitrogens with two attached hydrogens (primary N) is 1. The van der Waals surface area contributed by atoms with E-state index in [-0.39, 0.29) is 23.7 Å². The Bertz CT molecular complexity index is 402. The Balaban J connectivity index is 2.18. The molecular weight excluding hydrogens is 268 g/mol. The van der Waals surface area contributed by atoms with Crippen LogP contribution in [0.25, 0.3) is 0 Å². The minimum atomic E-state index is -2.99. The number of methoxy groups -OCH3 is 2. The second kappa shape index (κ2) is 5.65. The zero-order valence-corrected chi connectivity index (χ0v) is 12.5. The van der Waals surface area contributed by atoms with Crippen molar-refractivity contribution in [3.63, 3.8) is 0 Å². The van der Waals surface area contributed by atoms with E-state index in [0.717, 1.165) is 6.42 Å². The smallest absolute Gasteiger partial charge is 0.152 e. The van der Waals surface area contributed by atoms with Crippen molar-refractivity contribution >= 4 is 9.84 Å². The maximum Gasteiger partial charge on any atom is 0.152 e. The maximum atomic E-state index is 11.9. The lowest BCUT2D eigenvalue weighted by Gasteiger charge is -2.43. The summed E-state index contributed by atoms with van der Waals surface area (Å²) in [6.45, 7) is 1.72. The van der Waals surface area contributed by atoms with Crippen LogP contribution in [0.5, 0.6) is 0 Å². The molecule has 7 heteroatoms. The van der Waals surface area contributed by atoms with E-state index in [4.69, 9.17) is 15.2 Å². The first-order valence-electron chi connectivity index (χ1n) is 6.67. The van der Waals surface area contributed by atoms with Crippen LogP contribution in [0, 0.1) is 0 Å². The number of sulfone groups is 1. The Morgan fingerprint density at radius 3 is 2.26 bits per heavy atom. The van der Waals surface area contributed by atoms with Crippen molar-refractivity contribution in [1.29, 1.82) is 0 Å². The molecule has 3 unspecified atom stereocenters. The van der Waals surface area contributed by atoms with E-state index in [1.165, 1.54) is 0 Å². The number of hydrogen-bond acceptors (Lipinski definition) is 6. The number of nitrogens with zero attached hydrogens (tertiary/aromatic N) is 1. The van der Waals surface area contributed by atoms with Gasteiger partial charge in [0.1, 0.15) is 0 Å². The van der Waals surface area contributed by atoms with Crippen LogP contribution in [0.15, 0.2) is 0 Å². The van der Waals surface area contributed by atoms with Crippen LogP contribution in [-0.4, -0.2) is 76.4 Å². The summed E-state index contributed by atoms with van der Waals surface area (Å²) in [5.74, 6) is 0.438. The van der Waals surface area contributed by atoms with Gasteiger partial charge in [0.2, 0.25) is 0 Å². The Morgan fingerprint density at radius 2 is 1.84 bits per heavy atom. The Labute approximate surface area is 115 Å². The number of hydrogen-bond donors (Lipinski definition) is 1. The molecule has 2 rings (SSSR count). The third-order valence-electron chi connectivity index (χ3n) is 4.46. The standard InChI is InChI=1S/C12H24N2O4S/c1-17-10-6-14(7-11(10)18-2)12(8-13)4-3-5-19(15,16)9-12/h10-11H,3-9,13H2,1-2H3. The SMILES string of the molecule is COC1CN(C2(CN)CCCS(=O)(=O)C2)CC1OC. The molecule has 0 aromatic heterocycles. The van der Waals surface area contributed by atoms with E-state index in [2.05, 4.69) is 4.90 Å². The molecule has 2 heterocycles. The van der Waals surface area contributed by atoms with E-state index < -0.39 is 15.4 Å². The summed E-state index contributed by atoms with van der Waals surface area (Å²) in [6, 6.07) is 0. The molecule has 0 spiro atoms. The van der Waals surface area contributed by atoms with Gasteiger partial charge in [-0.3, -0.25) is 4.90 Å². The summed E-state index contributed by atoms with van der Waals surface area (Å²) >= 11 is 0. The molecule has 2 aliphatic heterocycles. The van der Waals surface area contributed by atoms with Crippen LogP contribution < -0.4 is 5.73 Å². The van der Waals surface area contributed by atoms with Gasteiger partial charge >= 0.3 is 0 Å². The fourth-order valence-corrected chi connectivity index (χ4v) is 5.29. The first-order chi connectivity index (χ1) is 8.96. The molecule has 0 bridgehead atoms. The van der Waals surface area contributed by atoms with E-state index >= 15 is 0 Å². The van der Waals surface area contributed by atoms with E-state index in [9.17, 15) is 8.42 Å². The molecule has 2 saturated heterocycles. The molecule has 3 atom stereocenters. The second-order valence-electron chi connectivity index (χ2n) is 5.58. The molecule has 0 aromatic carbocycles. The van der Waals surface area contributed by atoms with Crippen molar-refractivity contribution < 1.29 is 17.9 Å². The first kappa shape index (κ1) is 15.2. The average molecular weight is 292 g/mol. The van der Waals surface area contributed by atoms with Crippen LogP contribution in [0.3, 0.4) is 0 Å². The summed E-state index contributed by atoms with van der Waals surface area (Å²) < 4.78 is 34.7. The highest BCUT2D eigenvalue weighted by atomic mass is 32.2. The second-order valence-corrected chi connectivity index (χ2v) is 7.76. The van der Waals surface area contributed by atoms with Gasteiger partial charge in [0, 0.05) is 39.4 Å². The molecular formula is C12H24N2O4S. The molecule has 0 aliphatic carbocycles. The van der Waals surface area contributed by atoms with Crippen molar-refractivity contribution in [2.75, 3.05) is 45.4 Å². The fourth-order valence-electron chi connectivity index (χ4n) is 3.30. The highest BCUT2D eigenvalue weighted by Crippen LogP contribution is 2.32. The molecule has 0 radical (unpaired) electrons. The van der Waals surface area contributed by atoms with Gasteiger partial charge in [0.15, 0.2) is 9.84 Å². The molecule has 112 valence electrons. The molecule has 0 saturated carbocycles. The molecule has 2 N–H and O–H groups in total. The van der Waals surface area contributed by atoms with E-state index in [0.29, 0.717) is 26.1 Å². The van der Waals surface area contributed by atoms with Gasteiger partial charge in [-0.05, 0) is 12.8 Å². The van der Waals surface area contributed by atoms with Gasteiger partial charge < -0.3 is 15.2 Å². The lowest BCUT2D eigenvalue weighted by Crippen LogP contribution is -2.59. The zero-order chi connectivity index (χ0) is 14.1. The number of likely N-dealkylation sites (tertiary alicyclic amines) is 1. The highest BCUT2D eigenvalue weighted by molar-refractivity contribution is 7.91. The summed E-state index contributed by atoms with van der Waals surface area (Å²) in [5.41, 5.74) is 5.48. The maximum absolute atomic E-state index is 11.9.